The maximum Gasteiger partial charge on any atom is 0.134 e. The highest BCUT2D eigenvalue weighted by Gasteiger charge is 2.14. The number of nitrogens with one attached hydrogen (secondary N) is 1. The lowest BCUT2D eigenvalue weighted by atomic mass is 10.2. The molecule has 1 aromatic carbocycles. The molecule has 0 fully saturated rings. The van der Waals surface area contributed by atoms with Crippen molar-refractivity contribution in [1.29, 1.82) is 0 Å². The van der Waals surface area contributed by atoms with Crippen molar-refractivity contribution in [3.63, 3.8) is 0 Å². The Morgan fingerprint density at radius 3 is 3.00 bits per heavy atom. The SMILES string of the molecule is CCSCC(NN)c1cc2cc(F)ccc2o1. The molecular formula is C12H15FN2OS. The van der Waals surface area contributed by atoms with Gasteiger partial charge in [0.05, 0.1) is 6.04 Å². The lowest BCUT2D eigenvalue weighted by molar-refractivity contribution is 0.463. The Morgan fingerprint density at radius 1 is 1.47 bits per heavy atom. The van der Waals surface area contributed by atoms with Crippen molar-refractivity contribution >= 4 is 22.7 Å². The third kappa shape index (κ3) is 2.80. The van der Waals surface area contributed by atoms with Crippen LogP contribution < -0.4 is 11.3 Å². The van der Waals surface area contributed by atoms with E-state index in [0.717, 1.165) is 22.7 Å². The molecule has 3 nitrogen and oxygen atoms in total. The molecule has 1 heterocycles. The normalized spacial score (nSPS) is 13.1. The van der Waals surface area contributed by atoms with Gasteiger partial charge in [0, 0.05) is 11.1 Å². The number of hydrogen-bond acceptors (Lipinski definition) is 4. The zero-order chi connectivity index (χ0) is 12.3. The molecule has 0 aliphatic rings. The maximum atomic E-state index is 13.0. The van der Waals surface area contributed by atoms with E-state index in [1.807, 2.05) is 6.07 Å². The van der Waals surface area contributed by atoms with Crippen LogP contribution in [0.5, 0.6) is 0 Å². The van der Waals surface area contributed by atoms with E-state index in [2.05, 4.69) is 12.3 Å². The molecule has 0 saturated heterocycles. The number of halogens is 1. The fraction of sp³-hybridized carbons (Fsp3) is 0.333. The molecule has 0 radical (unpaired) electrons. The lowest BCUT2D eigenvalue weighted by Crippen LogP contribution is -2.29. The van der Waals surface area contributed by atoms with Crippen LogP contribution >= 0.6 is 11.8 Å². The number of rotatable bonds is 5. The predicted octanol–water partition coefficient (Wildman–Crippen LogP) is 2.83. The molecule has 0 amide bonds. The van der Waals surface area contributed by atoms with Crippen molar-refractivity contribution in [3.8, 4) is 0 Å². The summed E-state index contributed by atoms with van der Waals surface area (Å²) in [5.74, 6) is 7.83. The fourth-order valence-electron chi connectivity index (χ4n) is 1.65. The summed E-state index contributed by atoms with van der Waals surface area (Å²) in [6, 6.07) is 6.27. The first kappa shape index (κ1) is 12.4. The van der Waals surface area contributed by atoms with Gasteiger partial charge < -0.3 is 4.42 Å². The average Bonchev–Trinajstić information content (AvgIpc) is 2.72. The van der Waals surface area contributed by atoms with Crippen LogP contribution in [-0.2, 0) is 0 Å². The van der Waals surface area contributed by atoms with Crippen molar-refractivity contribution in [1.82, 2.24) is 5.43 Å². The van der Waals surface area contributed by atoms with Gasteiger partial charge in [-0.2, -0.15) is 11.8 Å². The molecule has 17 heavy (non-hydrogen) atoms. The third-order valence-electron chi connectivity index (χ3n) is 2.53. The summed E-state index contributed by atoms with van der Waals surface area (Å²) in [4.78, 5) is 0. The number of nitrogens with two attached hydrogens (primary N) is 1. The van der Waals surface area contributed by atoms with Gasteiger partial charge in [0.2, 0.25) is 0 Å². The Bertz CT molecular complexity index is 500. The monoisotopic (exact) mass is 254 g/mol. The largest absolute Gasteiger partial charge is 0.459 e. The van der Waals surface area contributed by atoms with Crippen LogP contribution in [0.25, 0.3) is 11.0 Å². The Hall–Kier alpha value is -1.04. The molecule has 92 valence electrons. The Balaban J connectivity index is 2.27. The van der Waals surface area contributed by atoms with E-state index in [1.165, 1.54) is 12.1 Å². The minimum Gasteiger partial charge on any atom is -0.459 e. The van der Waals surface area contributed by atoms with Crippen molar-refractivity contribution in [2.75, 3.05) is 11.5 Å². The van der Waals surface area contributed by atoms with Gasteiger partial charge in [0.25, 0.3) is 0 Å². The summed E-state index contributed by atoms with van der Waals surface area (Å²) in [6.45, 7) is 2.09. The summed E-state index contributed by atoms with van der Waals surface area (Å²) in [5, 5.41) is 0.766. The Labute approximate surface area is 104 Å². The van der Waals surface area contributed by atoms with Gasteiger partial charge in [-0.05, 0) is 30.0 Å². The number of furan rings is 1. The summed E-state index contributed by atoms with van der Waals surface area (Å²) >= 11 is 1.77. The molecule has 3 N–H and O–H groups in total. The third-order valence-corrected chi connectivity index (χ3v) is 3.51. The maximum absolute atomic E-state index is 13.0. The highest BCUT2D eigenvalue weighted by atomic mass is 32.2. The molecule has 0 bridgehead atoms. The second-order valence-electron chi connectivity index (χ2n) is 3.71. The van der Waals surface area contributed by atoms with E-state index in [1.54, 1.807) is 17.8 Å². The second-order valence-corrected chi connectivity index (χ2v) is 5.03. The van der Waals surface area contributed by atoms with E-state index >= 15 is 0 Å². The molecule has 2 aromatic rings. The number of thioether (sulfide) groups is 1. The molecule has 5 heteroatoms. The van der Waals surface area contributed by atoms with Crippen molar-refractivity contribution in [3.05, 3.63) is 35.8 Å². The molecule has 0 aliphatic carbocycles. The number of fused-ring (bicyclic) bond motifs is 1. The second kappa shape index (κ2) is 5.53. The fourth-order valence-corrected chi connectivity index (χ4v) is 2.39. The van der Waals surface area contributed by atoms with Gasteiger partial charge in [-0.15, -0.1) is 0 Å². The van der Waals surface area contributed by atoms with Gasteiger partial charge in [-0.3, -0.25) is 5.84 Å². The van der Waals surface area contributed by atoms with Crippen LogP contribution in [0.1, 0.15) is 18.7 Å². The van der Waals surface area contributed by atoms with Gasteiger partial charge in [0.15, 0.2) is 0 Å². The van der Waals surface area contributed by atoms with Gasteiger partial charge in [0.1, 0.15) is 17.2 Å². The molecular weight excluding hydrogens is 239 g/mol. The minimum atomic E-state index is -0.259. The van der Waals surface area contributed by atoms with E-state index in [4.69, 9.17) is 10.3 Å². The van der Waals surface area contributed by atoms with Crippen LogP contribution in [-0.4, -0.2) is 11.5 Å². The average molecular weight is 254 g/mol. The van der Waals surface area contributed by atoms with E-state index in [-0.39, 0.29) is 11.9 Å². The van der Waals surface area contributed by atoms with Crippen LogP contribution in [0.2, 0.25) is 0 Å². The van der Waals surface area contributed by atoms with Gasteiger partial charge in [-0.1, -0.05) is 6.92 Å². The van der Waals surface area contributed by atoms with Gasteiger partial charge in [-0.25, -0.2) is 9.82 Å². The molecule has 0 aliphatic heterocycles. The van der Waals surface area contributed by atoms with Gasteiger partial charge >= 0.3 is 0 Å². The lowest BCUT2D eigenvalue weighted by Gasteiger charge is -2.11. The predicted molar refractivity (Wildman–Crippen MR) is 69.2 cm³/mol. The Kier molecular flexibility index (Phi) is 4.04. The molecule has 2 rings (SSSR count). The van der Waals surface area contributed by atoms with Crippen LogP contribution in [0.3, 0.4) is 0 Å². The van der Waals surface area contributed by atoms with E-state index in [0.29, 0.717) is 5.58 Å². The van der Waals surface area contributed by atoms with E-state index < -0.39 is 0 Å². The minimum absolute atomic E-state index is 0.0459. The van der Waals surface area contributed by atoms with Crippen LogP contribution in [0.4, 0.5) is 4.39 Å². The molecule has 1 aromatic heterocycles. The Morgan fingerprint density at radius 2 is 2.29 bits per heavy atom. The van der Waals surface area contributed by atoms with Crippen molar-refractivity contribution in [2.45, 2.75) is 13.0 Å². The standard InChI is InChI=1S/C12H15FN2OS/c1-2-17-7-10(15-14)12-6-8-5-9(13)3-4-11(8)16-12/h3-6,10,15H,2,7,14H2,1H3. The number of hydrogen-bond donors (Lipinski definition) is 2. The van der Waals surface area contributed by atoms with Crippen LogP contribution in [0, 0.1) is 5.82 Å². The zero-order valence-corrected chi connectivity index (χ0v) is 10.4. The van der Waals surface area contributed by atoms with E-state index in [9.17, 15) is 4.39 Å². The number of hydrazine groups is 1. The topological polar surface area (TPSA) is 51.2 Å². The first-order chi connectivity index (χ1) is 8.24. The van der Waals surface area contributed by atoms with Crippen molar-refractivity contribution in [2.24, 2.45) is 5.84 Å². The zero-order valence-electron chi connectivity index (χ0n) is 9.57. The molecule has 0 saturated carbocycles. The highest BCUT2D eigenvalue weighted by Crippen LogP contribution is 2.26. The first-order valence-corrected chi connectivity index (χ1v) is 6.63. The summed E-state index contributed by atoms with van der Waals surface area (Å²) < 4.78 is 18.7. The summed E-state index contributed by atoms with van der Waals surface area (Å²) in [6.07, 6.45) is 0. The smallest absolute Gasteiger partial charge is 0.134 e. The first-order valence-electron chi connectivity index (χ1n) is 5.47. The molecule has 1 unspecified atom stereocenters. The highest BCUT2D eigenvalue weighted by molar-refractivity contribution is 7.99. The summed E-state index contributed by atoms with van der Waals surface area (Å²) in [5.41, 5.74) is 3.40. The molecule has 0 spiro atoms. The van der Waals surface area contributed by atoms with Crippen LogP contribution in [0.15, 0.2) is 28.7 Å². The molecule has 1 atom stereocenters. The summed E-state index contributed by atoms with van der Waals surface area (Å²) in [7, 11) is 0. The number of benzene rings is 1. The quantitative estimate of drug-likeness (QED) is 0.636. The van der Waals surface area contributed by atoms with Crippen molar-refractivity contribution < 1.29 is 8.81 Å².